The summed E-state index contributed by atoms with van der Waals surface area (Å²) in [6.45, 7) is 0. The number of anilines is 1. The molecule has 2 N–H and O–H groups in total. The lowest BCUT2D eigenvalue weighted by Gasteiger charge is -2.31. The number of benzene rings is 3. The summed E-state index contributed by atoms with van der Waals surface area (Å²) in [7, 11) is 3.61. The molecule has 5 nitrogen and oxygen atoms in total. The number of hydrogen-bond acceptors (Lipinski definition) is 6. The highest BCUT2D eigenvalue weighted by atomic mass is 32.1. The number of likely N-dealkylation sites (N-methyl/N-ethyl adjacent to an activating group) is 1. The zero-order valence-corrected chi connectivity index (χ0v) is 20.3. The van der Waals surface area contributed by atoms with Crippen molar-refractivity contribution in [3.05, 3.63) is 89.7 Å². The molecule has 0 amide bonds. The molecule has 0 saturated carbocycles. The molecule has 4 atom stereocenters. The molecule has 34 heavy (non-hydrogen) atoms. The smallest absolute Gasteiger partial charge is 0.128 e. The molecule has 0 aromatic heterocycles. The molecule has 0 spiro atoms. The largest absolute Gasteiger partial charge is 0.507 e. The minimum absolute atomic E-state index is 0.0439. The van der Waals surface area contributed by atoms with Crippen LogP contribution in [-0.4, -0.2) is 40.8 Å². The van der Waals surface area contributed by atoms with E-state index in [4.69, 9.17) is 17.4 Å². The van der Waals surface area contributed by atoms with E-state index in [1.807, 2.05) is 49.5 Å². The quantitative estimate of drug-likeness (QED) is 0.369. The Bertz CT molecular complexity index is 1080. The van der Waals surface area contributed by atoms with E-state index in [0.29, 0.717) is 17.7 Å². The van der Waals surface area contributed by atoms with Crippen molar-refractivity contribution in [2.45, 2.75) is 42.9 Å². The van der Waals surface area contributed by atoms with E-state index < -0.39 is 6.10 Å². The topological polar surface area (TPSA) is 56.2 Å². The summed E-state index contributed by atoms with van der Waals surface area (Å²) >= 11 is 4.93. The van der Waals surface area contributed by atoms with Gasteiger partial charge < -0.3 is 19.8 Å². The highest BCUT2D eigenvalue weighted by Crippen LogP contribution is 2.46. The predicted molar refractivity (Wildman–Crippen MR) is 136 cm³/mol. The lowest BCUT2D eigenvalue weighted by Crippen LogP contribution is -2.33. The monoisotopic (exact) mass is 482 g/mol. The molecule has 3 aromatic carbocycles. The zero-order valence-electron chi connectivity index (χ0n) is 19.4. The average Bonchev–Trinajstić information content (AvgIpc) is 3.09. The third-order valence-corrected chi connectivity index (χ3v) is 7.26. The van der Waals surface area contributed by atoms with Gasteiger partial charge in [-0.05, 0) is 68.3 Å². The molecule has 1 aliphatic heterocycles. The van der Waals surface area contributed by atoms with Crippen molar-refractivity contribution in [3.63, 3.8) is 0 Å². The normalized spacial score (nSPS) is 21.6. The number of aliphatic hydroxyl groups is 1. The van der Waals surface area contributed by atoms with Crippen LogP contribution in [0.5, 0.6) is 11.5 Å². The minimum atomic E-state index is -0.655. The Labute approximate surface area is 205 Å². The van der Waals surface area contributed by atoms with Gasteiger partial charge in [-0.1, -0.05) is 30.3 Å². The third kappa shape index (κ3) is 5.02. The number of phenols is 1. The Morgan fingerprint density at radius 1 is 1.06 bits per heavy atom. The fourth-order valence-corrected chi connectivity index (χ4v) is 5.25. The molecule has 0 aliphatic carbocycles. The number of methoxy groups -OCH3 is 1. The maximum atomic E-state index is 13.2. The molecule has 1 fully saturated rings. The lowest BCUT2D eigenvalue weighted by atomic mass is 9.92. The van der Waals surface area contributed by atoms with Crippen molar-refractivity contribution in [1.29, 1.82) is 0 Å². The van der Waals surface area contributed by atoms with Crippen LogP contribution in [0.2, 0.25) is 0 Å². The highest BCUT2D eigenvalue weighted by molar-refractivity contribution is 7.81. The van der Waals surface area contributed by atoms with Gasteiger partial charge in [-0.15, -0.1) is 12.6 Å². The molecule has 7 heteroatoms. The molecule has 3 aromatic rings. The molecule has 1 heterocycles. The van der Waals surface area contributed by atoms with E-state index in [0.717, 1.165) is 24.1 Å². The summed E-state index contributed by atoms with van der Waals surface area (Å²) in [4.78, 5) is 4.42. The van der Waals surface area contributed by atoms with Gasteiger partial charge in [0.25, 0.3) is 0 Å². The number of nitrogens with zero attached hydrogens (tertiary/aromatic N) is 2. The molecule has 0 bridgehead atoms. The van der Waals surface area contributed by atoms with Gasteiger partial charge in [-0.2, -0.15) is 0 Å². The summed E-state index contributed by atoms with van der Waals surface area (Å²) in [6, 6.07) is 21.4. The summed E-state index contributed by atoms with van der Waals surface area (Å²) in [5, 5.41) is 21.5. The van der Waals surface area contributed by atoms with Crippen LogP contribution in [0, 0.1) is 5.82 Å². The van der Waals surface area contributed by atoms with Crippen molar-refractivity contribution in [1.82, 2.24) is 4.90 Å². The molecular formula is C27H31FN2O3S. The molecule has 1 aliphatic rings. The van der Waals surface area contributed by atoms with Crippen LogP contribution in [0.1, 0.15) is 42.5 Å². The Balaban J connectivity index is 1.59. The third-order valence-electron chi connectivity index (χ3n) is 6.64. The van der Waals surface area contributed by atoms with Gasteiger partial charge in [0.15, 0.2) is 0 Å². The van der Waals surface area contributed by atoms with Gasteiger partial charge in [0, 0.05) is 23.4 Å². The number of rotatable bonds is 8. The first-order valence-electron chi connectivity index (χ1n) is 11.4. The Morgan fingerprint density at radius 2 is 1.76 bits per heavy atom. The van der Waals surface area contributed by atoms with Gasteiger partial charge in [0.2, 0.25) is 0 Å². The van der Waals surface area contributed by atoms with Crippen LogP contribution >= 0.6 is 12.6 Å². The Hall–Kier alpha value is -2.74. The predicted octanol–water partition coefficient (Wildman–Crippen LogP) is 5.52. The number of para-hydroxylation sites is 1. The first-order chi connectivity index (χ1) is 16.4. The minimum Gasteiger partial charge on any atom is -0.507 e. The maximum absolute atomic E-state index is 13.2. The molecular weight excluding hydrogens is 451 g/mol. The molecule has 1 unspecified atom stereocenters. The second kappa shape index (κ2) is 10.7. The van der Waals surface area contributed by atoms with Crippen molar-refractivity contribution >= 4 is 18.3 Å². The van der Waals surface area contributed by atoms with Crippen LogP contribution in [0.25, 0.3) is 0 Å². The van der Waals surface area contributed by atoms with Crippen LogP contribution in [0.15, 0.2) is 72.8 Å². The second-order valence-electron chi connectivity index (χ2n) is 8.69. The van der Waals surface area contributed by atoms with Crippen LogP contribution in [-0.2, 0) is 0 Å². The van der Waals surface area contributed by atoms with Crippen molar-refractivity contribution in [2.75, 3.05) is 19.1 Å². The summed E-state index contributed by atoms with van der Waals surface area (Å²) in [5.41, 5.74) is 2.34. The Kier molecular flexibility index (Phi) is 7.66. The van der Waals surface area contributed by atoms with Gasteiger partial charge in [0.05, 0.1) is 19.3 Å². The molecule has 4 rings (SSSR count). The van der Waals surface area contributed by atoms with E-state index in [2.05, 4.69) is 9.80 Å². The molecule has 0 radical (unpaired) electrons. The molecule has 180 valence electrons. The van der Waals surface area contributed by atoms with E-state index >= 15 is 0 Å². The van der Waals surface area contributed by atoms with Gasteiger partial charge in [0.1, 0.15) is 22.8 Å². The zero-order chi connectivity index (χ0) is 24.2. The lowest BCUT2D eigenvalue weighted by molar-refractivity contribution is 0.157. The number of ether oxygens (including phenoxy) is 1. The van der Waals surface area contributed by atoms with Gasteiger partial charge in [-0.25, -0.2) is 4.39 Å². The average molecular weight is 483 g/mol. The fourth-order valence-electron chi connectivity index (χ4n) is 4.80. The van der Waals surface area contributed by atoms with Crippen LogP contribution < -0.4 is 9.64 Å². The number of aliphatic hydroxyl groups excluding tert-OH is 1. The maximum Gasteiger partial charge on any atom is 0.128 e. The summed E-state index contributed by atoms with van der Waals surface area (Å²) in [6.07, 6.45) is 1.44. The number of phenolic OH excluding ortho intramolecular Hbond substituents is 1. The summed E-state index contributed by atoms with van der Waals surface area (Å²) < 4.78 is 18.5. The van der Waals surface area contributed by atoms with E-state index in [1.54, 1.807) is 25.3 Å². The number of aromatic hydroxyl groups is 1. The highest BCUT2D eigenvalue weighted by Gasteiger charge is 2.45. The van der Waals surface area contributed by atoms with Crippen molar-refractivity contribution in [3.8, 4) is 11.5 Å². The van der Waals surface area contributed by atoms with Gasteiger partial charge in [-0.3, -0.25) is 4.90 Å². The van der Waals surface area contributed by atoms with E-state index in [1.165, 1.54) is 12.1 Å². The van der Waals surface area contributed by atoms with E-state index in [9.17, 15) is 14.6 Å². The summed E-state index contributed by atoms with van der Waals surface area (Å²) in [5.74, 6) is 0.462. The SMILES string of the molecule is COc1ccc([C@@H]2[C@@H](CCC[C@@H](O)c3ccc(F)cc3)N(C)C(S)N2c2ccccc2)c(O)c1. The first-order valence-corrected chi connectivity index (χ1v) is 12.0. The molecule has 1 saturated heterocycles. The number of thiol groups is 1. The number of halogens is 1. The van der Waals surface area contributed by atoms with Crippen molar-refractivity contribution < 1.29 is 19.3 Å². The van der Waals surface area contributed by atoms with Crippen LogP contribution in [0.4, 0.5) is 10.1 Å². The Morgan fingerprint density at radius 3 is 2.41 bits per heavy atom. The first kappa shape index (κ1) is 24.4. The van der Waals surface area contributed by atoms with E-state index in [-0.39, 0.29) is 29.1 Å². The van der Waals surface area contributed by atoms with Gasteiger partial charge >= 0.3 is 0 Å². The second-order valence-corrected chi connectivity index (χ2v) is 9.15. The fraction of sp³-hybridized carbons (Fsp3) is 0.333. The van der Waals surface area contributed by atoms with Crippen molar-refractivity contribution in [2.24, 2.45) is 0 Å². The standard InChI is InChI=1S/C27H31FN2O3S/c1-29-23(9-6-10-24(31)18-11-13-19(28)14-12-18)26(22-16-15-21(33-2)17-25(22)32)30(27(29)34)20-7-4-3-5-8-20/h3-5,7-8,11-17,23-24,26-27,31-32,34H,6,9-10H2,1-2H3/t23-,24-,26-,27?/m1/s1. The number of hydrogen-bond donors (Lipinski definition) is 3. The van der Waals surface area contributed by atoms with Crippen LogP contribution in [0.3, 0.4) is 0 Å².